The van der Waals surface area contributed by atoms with E-state index < -0.39 is 0 Å². The maximum atomic E-state index is 6.34. The molecule has 0 aliphatic heterocycles. The average molecular weight is 779 g/mol. The van der Waals surface area contributed by atoms with Gasteiger partial charge < -0.3 is 13.6 Å². The van der Waals surface area contributed by atoms with Crippen molar-refractivity contribution in [1.29, 1.82) is 0 Å². The summed E-state index contributed by atoms with van der Waals surface area (Å²) in [5.74, 6) is 0. The minimum absolute atomic E-state index is 0.906. The average Bonchev–Trinajstić information content (AvgIpc) is 3.99. The lowest BCUT2D eigenvalue weighted by molar-refractivity contribution is 0.669. The number of furan rings is 1. The van der Waals surface area contributed by atoms with Crippen LogP contribution in [-0.4, -0.2) is 9.13 Å². The van der Waals surface area contributed by atoms with E-state index in [-0.39, 0.29) is 0 Å². The van der Waals surface area contributed by atoms with Gasteiger partial charge in [-0.2, -0.15) is 0 Å². The highest BCUT2D eigenvalue weighted by atomic mass is 16.3. The Balaban J connectivity index is 1.01. The molecule has 0 fully saturated rings. The summed E-state index contributed by atoms with van der Waals surface area (Å²) in [5.41, 5.74) is 14.9. The Bertz CT molecular complexity index is 3860. The van der Waals surface area contributed by atoms with E-state index in [2.05, 4.69) is 209 Å². The summed E-state index contributed by atoms with van der Waals surface area (Å²) in [7, 11) is 0. The number of para-hydroxylation sites is 2. The first kappa shape index (κ1) is 34.0. The lowest BCUT2D eigenvalue weighted by atomic mass is 9.97. The van der Waals surface area contributed by atoms with Gasteiger partial charge in [-0.25, -0.2) is 0 Å². The molecule has 1 aliphatic carbocycles. The van der Waals surface area contributed by atoms with Crippen LogP contribution in [-0.2, 0) is 0 Å². The fourth-order valence-electron chi connectivity index (χ4n) is 10.1. The van der Waals surface area contributed by atoms with Crippen LogP contribution in [0.25, 0.3) is 122 Å². The standard InChI is InChI=1S/C58H38N2O/c1-2-13-44(14-3-1)59-52-18-8-6-15-47(52)49-34-41(25-30-53(49)59)42-26-31-54-50(35-42)51-36-43(46-17-10-20-57-58(46)48-16-7-9-19-56(48)61-57)27-32-55(51)60(54)45-28-23-38(24-29-45)40-22-21-37-11-4-5-12-39(37)33-40/h1-5,7,9-36H,6,8H2. The molecule has 3 heteroatoms. The van der Waals surface area contributed by atoms with Gasteiger partial charge in [-0.15, -0.1) is 0 Å². The van der Waals surface area contributed by atoms with Gasteiger partial charge in [-0.3, -0.25) is 0 Å². The zero-order valence-electron chi connectivity index (χ0n) is 33.3. The van der Waals surface area contributed by atoms with Gasteiger partial charge in [-0.05, 0) is 136 Å². The van der Waals surface area contributed by atoms with Gasteiger partial charge in [0.15, 0.2) is 0 Å². The van der Waals surface area contributed by atoms with E-state index in [1.54, 1.807) is 0 Å². The molecule has 12 aromatic rings. The second-order valence-electron chi connectivity index (χ2n) is 16.4. The van der Waals surface area contributed by atoms with Crippen LogP contribution in [0.3, 0.4) is 0 Å². The van der Waals surface area contributed by atoms with Crippen LogP contribution < -0.4 is 10.6 Å². The summed E-state index contributed by atoms with van der Waals surface area (Å²) in [6, 6.07) is 70.9. The molecule has 0 unspecified atom stereocenters. The Hall–Kier alpha value is -7.88. The minimum Gasteiger partial charge on any atom is -0.456 e. The minimum atomic E-state index is 0.906. The molecule has 1 aliphatic rings. The Morgan fingerprint density at radius 3 is 1.77 bits per heavy atom. The predicted octanol–water partition coefficient (Wildman–Crippen LogP) is 14.1. The molecule has 3 nitrogen and oxygen atoms in total. The maximum Gasteiger partial charge on any atom is 0.136 e. The highest BCUT2D eigenvalue weighted by molar-refractivity contribution is 6.15. The lowest BCUT2D eigenvalue weighted by Gasteiger charge is -2.11. The zero-order valence-corrected chi connectivity index (χ0v) is 33.3. The Kier molecular flexibility index (Phi) is 7.43. The quantitative estimate of drug-likeness (QED) is 0.171. The molecular weight excluding hydrogens is 741 g/mol. The van der Waals surface area contributed by atoms with Crippen molar-refractivity contribution in [3.05, 3.63) is 205 Å². The summed E-state index contributed by atoms with van der Waals surface area (Å²) < 4.78 is 11.2. The largest absolute Gasteiger partial charge is 0.456 e. The molecule has 286 valence electrons. The number of nitrogens with zero attached hydrogens (tertiary/aromatic N) is 2. The normalized spacial score (nSPS) is 12.7. The first-order chi connectivity index (χ1) is 30.2. The van der Waals surface area contributed by atoms with Crippen molar-refractivity contribution >= 4 is 77.6 Å². The molecule has 0 atom stereocenters. The Morgan fingerprint density at radius 2 is 0.951 bits per heavy atom. The smallest absolute Gasteiger partial charge is 0.136 e. The van der Waals surface area contributed by atoms with Crippen molar-refractivity contribution in [2.75, 3.05) is 0 Å². The van der Waals surface area contributed by atoms with Crippen molar-refractivity contribution < 1.29 is 4.42 Å². The van der Waals surface area contributed by atoms with Gasteiger partial charge in [0.1, 0.15) is 11.2 Å². The van der Waals surface area contributed by atoms with Gasteiger partial charge in [0.05, 0.1) is 16.6 Å². The van der Waals surface area contributed by atoms with Crippen molar-refractivity contribution in [1.82, 2.24) is 9.13 Å². The van der Waals surface area contributed by atoms with Gasteiger partial charge in [0.25, 0.3) is 0 Å². The van der Waals surface area contributed by atoms with Crippen molar-refractivity contribution in [3.8, 4) is 44.8 Å². The Morgan fingerprint density at radius 1 is 0.361 bits per heavy atom. The number of rotatable bonds is 5. The summed E-state index contributed by atoms with van der Waals surface area (Å²) in [4.78, 5) is 0. The number of aromatic nitrogens is 2. The molecule has 3 aromatic heterocycles. The van der Waals surface area contributed by atoms with Gasteiger partial charge in [-0.1, -0.05) is 127 Å². The van der Waals surface area contributed by atoms with Crippen LogP contribution >= 0.6 is 0 Å². The molecule has 0 amide bonds. The molecule has 3 heterocycles. The molecule has 9 aromatic carbocycles. The summed E-state index contributed by atoms with van der Waals surface area (Å²) in [5, 5.41) is 11.2. The maximum absolute atomic E-state index is 6.34. The fourth-order valence-corrected chi connectivity index (χ4v) is 10.1. The molecule has 0 N–H and O–H groups in total. The van der Waals surface area contributed by atoms with Crippen LogP contribution in [0.2, 0.25) is 0 Å². The predicted molar refractivity (Wildman–Crippen MR) is 256 cm³/mol. The molecule has 0 saturated carbocycles. The summed E-state index contributed by atoms with van der Waals surface area (Å²) in [6.07, 6.45) is 6.95. The van der Waals surface area contributed by atoms with Crippen LogP contribution in [0, 0.1) is 0 Å². The van der Waals surface area contributed by atoms with E-state index in [0.29, 0.717) is 0 Å². The highest BCUT2D eigenvalue weighted by Gasteiger charge is 2.19. The van der Waals surface area contributed by atoms with E-state index in [1.165, 1.54) is 93.1 Å². The second kappa shape index (κ2) is 13.3. The van der Waals surface area contributed by atoms with Crippen LogP contribution in [0.4, 0.5) is 0 Å². The third-order valence-corrected chi connectivity index (χ3v) is 12.9. The summed E-state index contributed by atoms with van der Waals surface area (Å²) >= 11 is 0. The first-order valence-electron chi connectivity index (χ1n) is 21.2. The van der Waals surface area contributed by atoms with Crippen LogP contribution in [0.15, 0.2) is 199 Å². The lowest BCUT2D eigenvalue weighted by Crippen LogP contribution is -2.30. The molecule has 13 rings (SSSR count). The SMILES string of the molecule is C1=c2c(n(-c3ccccc3)c3ccc(-c4ccc5c(c4)c4cc(-c6cccc7oc8ccccc8c67)ccc4n5-c4ccc(-c5ccc6ccccc6c5)cc4)cc23)=CCC1. The van der Waals surface area contributed by atoms with Crippen LogP contribution in [0.5, 0.6) is 0 Å². The molecule has 0 radical (unpaired) electrons. The third kappa shape index (κ3) is 5.30. The van der Waals surface area contributed by atoms with Gasteiger partial charge >= 0.3 is 0 Å². The van der Waals surface area contributed by atoms with Gasteiger partial charge in [0, 0.05) is 48.9 Å². The molecule has 0 saturated heterocycles. The molecule has 0 spiro atoms. The third-order valence-electron chi connectivity index (χ3n) is 12.9. The zero-order chi connectivity index (χ0) is 40.0. The van der Waals surface area contributed by atoms with Gasteiger partial charge in [0.2, 0.25) is 0 Å². The van der Waals surface area contributed by atoms with E-state index >= 15 is 0 Å². The van der Waals surface area contributed by atoms with E-state index in [4.69, 9.17) is 4.42 Å². The van der Waals surface area contributed by atoms with Crippen molar-refractivity contribution in [2.45, 2.75) is 12.8 Å². The molecule has 0 bridgehead atoms. The van der Waals surface area contributed by atoms with E-state index in [1.807, 2.05) is 6.07 Å². The van der Waals surface area contributed by atoms with Crippen LogP contribution in [0.1, 0.15) is 12.8 Å². The fraction of sp³-hybridized carbons (Fsp3) is 0.0345. The monoisotopic (exact) mass is 778 g/mol. The first-order valence-corrected chi connectivity index (χ1v) is 21.2. The van der Waals surface area contributed by atoms with E-state index in [0.717, 1.165) is 40.5 Å². The number of fused-ring (bicyclic) bond motifs is 10. The summed E-state index contributed by atoms with van der Waals surface area (Å²) in [6.45, 7) is 0. The number of benzene rings is 9. The van der Waals surface area contributed by atoms with Crippen molar-refractivity contribution in [2.24, 2.45) is 0 Å². The number of hydrogen-bond donors (Lipinski definition) is 0. The number of hydrogen-bond acceptors (Lipinski definition) is 1. The molecule has 61 heavy (non-hydrogen) atoms. The molecular formula is C58H38N2O. The second-order valence-corrected chi connectivity index (χ2v) is 16.4. The van der Waals surface area contributed by atoms with Crippen molar-refractivity contribution in [3.63, 3.8) is 0 Å². The van der Waals surface area contributed by atoms with E-state index in [9.17, 15) is 0 Å². The topological polar surface area (TPSA) is 23.0 Å². The highest BCUT2D eigenvalue weighted by Crippen LogP contribution is 2.41. The Labute approximate surface area is 352 Å².